The number of methoxy groups -OCH3 is 1. The van der Waals surface area contributed by atoms with Gasteiger partial charge in [-0.25, -0.2) is 0 Å². The van der Waals surface area contributed by atoms with Crippen LogP contribution in [-0.2, 0) is 0 Å². The first kappa shape index (κ1) is 11.6. The highest BCUT2D eigenvalue weighted by molar-refractivity contribution is 6.34. The SMILES string of the molecule is COc1c(Oc2ccccc2)ccc(N)c1Cl. The van der Waals surface area contributed by atoms with Crippen LogP contribution in [0.15, 0.2) is 42.5 Å². The summed E-state index contributed by atoms with van der Waals surface area (Å²) in [6.45, 7) is 0. The van der Waals surface area contributed by atoms with Gasteiger partial charge in [0.2, 0.25) is 0 Å². The third-order valence-corrected chi connectivity index (χ3v) is 2.66. The number of nitrogen functional groups attached to an aromatic ring is 1. The van der Waals surface area contributed by atoms with Crippen molar-refractivity contribution in [3.63, 3.8) is 0 Å². The molecule has 2 N–H and O–H groups in total. The summed E-state index contributed by atoms with van der Waals surface area (Å²) in [4.78, 5) is 0. The summed E-state index contributed by atoms with van der Waals surface area (Å²) in [5.41, 5.74) is 6.15. The zero-order valence-corrected chi connectivity index (χ0v) is 10.1. The summed E-state index contributed by atoms with van der Waals surface area (Å²) in [7, 11) is 1.53. The fraction of sp³-hybridized carbons (Fsp3) is 0.0769. The van der Waals surface area contributed by atoms with E-state index in [2.05, 4.69) is 0 Å². The number of hydrogen-bond donors (Lipinski definition) is 1. The molecule has 0 radical (unpaired) electrons. The number of para-hydroxylation sites is 1. The van der Waals surface area contributed by atoms with Gasteiger partial charge < -0.3 is 15.2 Å². The molecule has 0 atom stereocenters. The molecule has 17 heavy (non-hydrogen) atoms. The van der Waals surface area contributed by atoms with E-state index >= 15 is 0 Å². The fourth-order valence-electron chi connectivity index (χ4n) is 1.44. The molecule has 0 aliphatic heterocycles. The highest BCUT2D eigenvalue weighted by atomic mass is 35.5. The van der Waals surface area contributed by atoms with E-state index in [1.165, 1.54) is 7.11 Å². The van der Waals surface area contributed by atoms with Gasteiger partial charge in [0.25, 0.3) is 0 Å². The van der Waals surface area contributed by atoms with Crippen LogP contribution in [0.1, 0.15) is 0 Å². The van der Waals surface area contributed by atoms with Crippen molar-refractivity contribution < 1.29 is 9.47 Å². The van der Waals surface area contributed by atoms with Gasteiger partial charge in [0.15, 0.2) is 11.5 Å². The lowest BCUT2D eigenvalue weighted by atomic mass is 10.2. The van der Waals surface area contributed by atoms with E-state index in [4.69, 9.17) is 26.8 Å². The molecule has 0 aromatic heterocycles. The van der Waals surface area contributed by atoms with Gasteiger partial charge in [0.1, 0.15) is 10.8 Å². The van der Waals surface area contributed by atoms with E-state index in [1.54, 1.807) is 12.1 Å². The van der Waals surface area contributed by atoms with Gasteiger partial charge in [-0.05, 0) is 24.3 Å². The lowest BCUT2D eigenvalue weighted by Gasteiger charge is -2.12. The van der Waals surface area contributed by atoms with Crippen LogP contribution in [0.4, 0.5) is 5.69 Å². The molecule has 3 nitrogen and oxygen atoms in total. The van der Waals surface area contributed by atoms with Crippen molar-refractivity contribution in [2.45, 2.75) is 0 Å². The van der Waals surface area contributed by atoms with E-state index in [0.717, 1.165) is 0 Å². The Morgan fingerprint density at radius 1 is 1.06 bits per heavy atom. The fourth-order valence-corrected chi connectivity index (χ4v) is 1.67. The number of hydrogen-bond acceptors (Lipinski definition) is 3. The maximum absolute atomic E-state index is 6.03. The van der Waals surface area contributed by atoms with Crippen LogP contribution >= 0.6 is 11.6 Å². The molecule has 2 rings (SSSR count). The number of rotatable bonds is 3. The second-order valence-corrected chi connectivity index (χ2v) is 3.79. The van der Waals surface area contributed by atoms with Crippen LogP contribution in [0.2, 0.25) is 5.02 Å². The predicted molar refractivity (Wildman–Crippen MR) is 68.9 cm³/mol. The number of halogens is 1. The normalized spacial score (nSPS) is 10.0. The maximum Gasteiger partial charge on any atom is 0.182 e. The predicted octanol–water partition coefficient (Wildman–Crippen LogP) is 3.72. The zero-order chi connectivity index (χ0) is 12.3. The van der Waals surface area contributed by atoms with Crippen molar-refractivity contribution >= 4 is 17.3 Å². The molecule has 0 aliphatic carbocycles. The average Bonchev–Trinajstić information content (AvgIpc) is 2.36. The van der Waals surface area contributed by atoms with Crippen molar-refractivity contribution in [3.05, 3.63) is 47.5 Å². The molecule has 2 aromatic carbocycles. The lowest BCUT2D eigenvalue weighted by molar-refractivity contribution is 0.379. The molecular formula is C13H12ClNO2. The standard InChI is InChI=1S/C13H12ClNO2/c1-16-13-11(8-7-10(15)12(13)14)17-9-5-3-2-4-6-9/h2-8H,15H2,1H3. The zero-order valence-electron chi connectivity index (χ0n) is 9.31. The summed E-state index contributed by atoms with van der Waals surface area (Å²) >= 11 is 6.03. The molecule has 0 heterocycles. The van der Waals surface area contributed by atoms with Gasteiger partial charge in [-0.15, -0.1) is 0 Å². The Balaban J connectivity index is 2.37. The van der Waals surface area contributed by atoms with Crippen LogP contribution < -0.4 is 15.2 Å². The molecule has 0 spiro atoms. The first-order valence-electron chi connectivity index (χ1n) is 5.07. The summed E-state index contributed by atoms with van der Waals surface area (Å²) < 4.78 is 10.9. The van der Waals surface area contributed by atoms with Crippen molar-refractivity contribution in [2.24, 2.45) is 0 Å². The molecule has 0 saturated heterocycles. The van der Waals surface area contributed by atoms with E-state index in [0.29, 0.717) is 28.0 Å². The van der Waals surface area contributed by atoms with Crippen LogP contribution in [0.3, 0.4) is 0 Å². The first-order chi connectivity index (χ1) is 8.22. The number of anilines is 1. The molecule has 0 aliphatic rings. The van der Waals surface area contributed by atoms with Crippen LogP contribution in [0.25, 0.3) is 0 Å². The molecule has 0 fully saturated rings. The van der Waals surface area contributed by atoms with Crippen LogP contribution in [-0.4, -0.2) is 7.11 Å². The quantitative estimate of drug-likeness (QED) is 0.843. The molecule has 0 amide bonds. The van der Waals surface area contributed by atoms with Gasteiger partial charge in [0.05, 0.1) is 12.8 Å². The third-order valence-electron chi connectivity index (χ3n) is 2.27. The molecular weight excluding hydrogens is 238 g/mol. The van der Waals surface area contributed by atoms with Crippen LogP contribution in [0, 0.1) is 0 Å². The van der Waals surface area contributed by atoms with E-state index in [1.807, 2.05) is 30.3 Å². The minimum absolute atomic E-state index is 0.362. The summed E-state index contributed by atoms with van der Waals surface area (Å²) in [6.07, 6.45) is 0. The molecule has 88 valence electrons. The molecule has 0 unspecified atom stereocenters. The Morgan fingerprint density at radius 2 is 1.76 bits per heavy atom. The molecule has 0 bridgehead atoms. The van der Waals surface area contributed by atoms with Crippen molar-refractivity contribution in [1.82, 2.24) is 0 Å². The lowest BCUT2D eigenvalue weighted by Crippen LogP contribution is -1.94. The monoisotopic (exact) mass is 249 g/mol. The van der Waals surface area contributed by atoms with E-state index in [9.17, 15) is 0 Å². The first-order valence-corrected chi connectivity index (χ1v) is 5.45. The molecule has 4 heteroatoms. The Labute approximate surface area is 105 Å². The second kappa shape index (κ2) is 4.97. The smallest absolute Gasteiger partial charge is 0.182 e. The minimum atomic E-state index is 0.362. The van der Waals surface area contributed by atoms with Gasteiger partial charge in [0, 0.05) is 0 Å². The highest BCUT2D eigenvalue weighted by Crippen LogP contribution is 2.40. The number of benzene rings is 2. The van der Waals surface area contributed by atoms with Gasteiger partial charge in [-0.3, -0.25) is 0 Å². The molecule has 2 aromatic rings. The number of nitrogens with two attached hydrogens (primary N) is 1. The summed E-state index contributed by atoms with van der Waals surface area (Å²) in [5.74, 6) is 1.69. The van der Waals surface area contributed by atoms with Gasteiger partial charge in [-0.2, -0.15) is 0 Å². The topological polar surface area (TPSA) is 44.5 Å². The second-order valence-electron chi connectivity index (χ2n) is 3.42. The van der Waals surface area contributed by atoms with Crippen molar-refractivity contribution in [2.75, 3.05) is 12.8 Å². The van der Waals surface area contributed by atoms with E-state index < -0.39 is 0 Å². The van der Waals surface area contributed by atoms with Crippen LogP contribution in [0.5, 0.6) is 17.2 Å². The maximum atomic E-state index is 6.03. The van der Waals surface area contributed by atoms with Gasteiger partial charge >= 0.3 is 0 Å². The van der Waals surface area contributed by atoms with Gasteiger partial charge in [-0.1, -0.05) is 29.8 Å². The highest BCUT2D eigenvalue weighted by Gasteiger charge is 2.12. The molecule has 0 saturated carbocycles. The van der Waals surface area contributed by atoms with Crippen molar-refractivity contribution in [1.29, 1.82) is 0 Å². The third kappa shape index (κ3) is 2.45. The van der Waals surface area contributed by atoms with Crippen molar-refractivity contribution in [3.8, 4) is 17.2 Å². The Kier molecular flexibility index (Phi) is 3.40. The number of ether oxygens (including phenoxy) is 2. The Morgan fingerprint density at radius 3 is 2.41 bits per heavy atom. The van der Waals surface area contributed by atoms with E-state index in [-0.39, 0.29) is 0 Å². The minimum Gasteiger partial charge on any atom is -0.491 e. The Hall–Kier alpha value is -1.87. The largest absolute Gasteiger partial charge is 0.491 e. The Bertz CT molecular complexity index is 514. The summed E-state index contributed by atoms with van der Waals surface area (Å²) in [5, 5.41) is 0.362. The average molecular weight is 250 g/mol. The summed E-state index contributed by atoms with van der Waals surface area (Å²) in [6, 6.07) is 12.8.